The fourth-order valence-electron chi connectivity index (χ4n) is 1.97. The summed E-state index contributed by atoms with van der Waals surface area (Å²) in [4.78, 5) is 4.11. The van der Waals surface area contributed by atoms with Gasteiger partial charge in [-0.05, 0) is 25.7 Å². The van der Waals surface area contributed by atoms with Crippen LogP contribution in [0.3, 0.4) is 0 Å². The van der Waals surface area contributed by atoms with Crippen LogP contribution in [0.2, 0.25) is 0 Å². The molecule has 3 nitrogen and oxygen atoms in total. The Bertz CT molecular complexity index is 274. The average molecular weight is 180 g/mol. The van der Waals surface area contributed by atoms with Crippen LogP contribution in [0.5, 0.6) is 0 Å². The zero-order valence-corrected chi connectivity index (χ0v) is 7.99. The Morgan fingerprint density at radius 2 is 2.08 bits per heavy atom. The lowest BCUT2D eigenvalue weighted by Gasteiger charge is -2.23. The van der Waals surface area contributed by atoms with Crippen LogP contribution >= 0.6 is 0 Å². The maximum absolute atomic E-state index is 5.83. The van der Waals surface area contributed by atoms with Gasteiger partial charge in [0, 0.05) is 18.9 Å². The molecule has 0 spiro atoms. The van der Waals surface area contributed by atoms with Gasteiger partial charge in [0.15, 0.2) is 5.89 Å². The molecule has 1 aromatic heterocycles. The summed E-state index contributed by atoms with van der Waals surface area (Å²) in [6.45, 7) is 1.89. The molecule has 2 rings (SSSR count). The van der Waals surface area contributed by atoms with E-state index in [1.54, 1.807) is 0 Å². The predicted octanol–water partition coefficient (Wildman–Crippen LogP) is 1.97. The van der Waals surface area contributed by atoms with Crippen LogP contribution in [0.25, 0.3) is 0 Å². The normalized spacial score (nSPS) is 29.1. The lowest BCUT2D eigenvalue weighted by atomic mass is 9.85. The number of aromatic nitrogens is 1. The molecule has 0 amide bonds. The Kier molecular flexibility index (Phi) is 2.36. The Hall–Kier alpha value is -0.830. The van der Waals surface area contributed by atoms with Crippen molar-refractivity contribution in [3.05, 3.63) is 17.8 Å². The first kappa shape index (κ1) is 8.75. The minimum atomic E-state index is 0.403. The lowest BCUT2D eigenvalue weighted by molar-refractivity contribution is 0.342. The third-order valence-corrected chi connectivity index (χ3v) is 2.81. The molecule has 1 heterocycles. The summed E-state index contributed by atoms with van der Waals surface area (Å²) in [5.74, 6) is 2.37. The van der Waals surface area contributed by atoms with Crippen LogP contribution < -0.4 is 5.73 Å². The zero-order chi connectivity index (χ0) is 9.26. The van der Waals surface area contributed by atoms with E-state index in [-0.39, 0.29) is 0 Å². The molecule has 0 unspecified atom stereocenters. The molecule has 0 bridgehead atoms. The molecule has 1 saturated carbocycles. The van der Waals surface area contributed by atoms with E-state index in [1.807, 2.05) is 13.1 Å². The fourth-order valence-corrected chi connectivity index (χ4v) is 1.97. The predicted molar refractivity (Wildman–Crippen MR) is 50.4 cm³/mol. The summed E-state index contributed by atoms with van der Waals surface area (Å²) in [6, 6.07) is 0.403. The van der Waals surface area contributed by atoms with Crippen molar-refractivity contribution in [1.82, 2.24) is 4.98 Å². The zero-order valence-electron chi connectivity index (χ0n) is 7.99. The van der Waals surface area contributed by atoms with E-state index >= 15 is 0 Å². The van der Waals surface area contributed by atoms with Crippen LogP contribution in [-0.2, 0) is 0 Å². The van der Waals surface area contributed by atoms with Crippen molar-refractivity contribution < 1.29 is 4.42 Å². The average Bonchev–Trinajstić information content (AvgIpc) is 2.53. The SMILES string of the molecule is Cc1ncc(C2CCC(N)CC2)o1. The van der Waals surface area contributed by atoms with Crippen molar-refractivity contribution in [1.29, 1.82) is 0 Å². The molecule has 0 aliphatic heterocycles. The van der Waals surface area contributed by atoms with E-state index in [0.717, 1.165) is 37.3 Å². The highest BCUT2D eigenvalue weighted by Crippen LogP contribution is 2.32. The second kappa shape index (κ2) is 3.50. The molecule has 2 N–H and O–H groups in total. The fraction of sp³-hybridized carbons (Fsp3) is 0.700. The number of nitrogens with two attached hydrogens (primary N) is 1. The van der Waals surface area contributed by atoms with Crippen molar-refractivity contribution in [2.45, 2.75) is 44.6 Å². The molecule has 0 saturated heterocycles. The minimum Gasteiger partial charge on any atom is -0.446 e. The first-order chi connectivity index (χ1) is 6.25. The molecule has 3 heteroatoms. The van der Waals surface area contributed by atoms with E-state index in [1.165, 1.54) is 0 Å². The first-order valence-electron chi connectivity index (χ1n) is 4.93. The molecule has 1 fully saturated rings. The standard InChI is InChI=1S/C10H16N2O/c1-7-12-6-10(13-7)8-2-4-9(11)5-3-8/h6,8-9H,2-5,11H2,1H3. The van der Waals surface area contributed by atoms with E-state index in [9.17, 15) is 0 Å². The van der Waals surface area contributed by atoms with Gasteiger partial charge in [-0.3, -0.25) is 0 Å². The van der Waals surface area contributed by atoms with Crippen molar-refractivity contribution in [3.8, 4) is 0 Å². The van der Waals surface area contributed by atoms with Crippen LogP contribution in [0.15, 0.2) is 10.6 Å². The topological polar surface area (TPSA) is 52.0 Å². The Labute approximate surface area is 78.3 Å². The van der Waals surface area contributed by atoms with Crippen molar-refractivity contribution in [2.75, 3.05) is 0 Å². The number of rotatable bonds is 1. The number of hydrogen-bond acceptors (Lipinski definition) is 3. The van der Waals surface area contributed by atoms with Crippen LogP contribution in [0.1, 0.15) is 43.3 Å². The molecule has 0 aromatic carbocycles. The molecule has 1 aliphatic carbocycles. The van der Waals surface area contributed by atoms with Gasteiger partial charge >= 0.3 is 0 Å². The molecular formula is C10H16N2O. The van der Waals surface area contributed by atoms with Crippen molar-refractivity contribution >= 4 is 0 Å². The van der Waals surface area contributed by atoms with E-state index in [0.29, 0.717) is 12.0 Å². The van der Waals surface area contributed by atoms with Crippen LogP contribution in [0.4, 0.5) is 0 Å². The van der Waals surface area contributed by atoms with Gasteiger partial charge in [0.2, 0.25) is 0 Å². The van der Waals surface area contributed by atoms with E-state index < -0.39 is 0 Å². The van der Waals surface area contributed by atoms with Gasteiger partial charge in [-0.1, -0.05) is 0 Å². The highest BCUT2D eigenvalue weighted by atomic mass is 16.4. The molecule has 1 aromatic rings. The van der Waals surface area contributed by atoms with Gasteiger partial charge in [0.25, 0.3) is 0 Å². The third kappa shape index (κ3) is 1.91. The number of aryl methyl sites for hydroxylation is 1. The van der Waals surface area contributed by atoms with Gasteiger partial charge in [0.05, 0.1) is 6.20 Å². The Balaban J connectivity index is 2.02. The van der Waals surface area contributed by atoms with Gasteiger partial charge in [-0.15, -0.1) is 0 Å². The molecule has 1 aliphatic rings. The Morgan fingerprint density at radius 1 is 1.38 bits per heavy atom. The van der Waals surface area contributed by atoms with Gasteiger partial charge in [-0.2, -0.15) is 0 Å². The Morgan fingerprint density at radius 3 is 2.62 bits per heavy atom. The number of nitrogens with zero attached hydrogens (tertiary/aromatic N) is 1. The molecular weight excluding hydrogens is 164 g/mol. The number of oxazole rings is 1. The second-order valence-electron chi connectivity index (χ2n) is 3.89. The summed E-state index contributed by atoms with van der Waals surface area (Å²) in [7, 11) is 0. The smallest absolute Gasteiger partial charge is 0.191 e. The maximum Gasteiger partial charge on any atom is 0.191 e. The highest BCUT2D eigenvalue weighted by molar-refractivity contribution is 5.03. The highest BCUT2D eigenvalue weighted by Gasteiger charge is 2.22. The molecule has 72 valence electrons. The van der Waals surface area contributed by atoms with Crippen LogP contribution in [0, 0.1) is 6.92 Å². The summed E-state index contributed by atoms with van der Waals surface area (Å²) in [5.41, 5.74) is 5.83. The number of hydrogen-bond donors (Lipinski definition) is 1. The summed E-state index contributed by atoms with van der Waals surface area (Å²) in [5, 5.41) is 0. The van der Waals surface area contributed by atoms with Gasteiger partial charge in [0.1, 0.15) is 5.76 Å². The first-order valence-corrected chi connectivity index (χ1v) is 4.93. The molecule has 0 radical (unpaired) electrons. The van der Waals surface area contributed by atoms with Crippen LogP contribution in [-0.4, -0.2) is 11.0 Å². The summed E-state index contributed by atoms with van der Waals surface area (Å²) >= 11 is 0. The lowest BCUT2D eigenvalue weighted by Crippen LogP contribution is -2.25. The largest absolute Gasteiger partial charge is 0.446 e. The third-order valence-electron chi connectivity index (χ3n) is 2.81. The van der Waals surface area contributed by atoms with E-state index in [2.05, 4.69) is 4.98 Å². The minimum absolute atomic E-state index is 0.403. The van der Waals surface area contributed by atoms with E-state index in [4.69, 9.17) is 10.2 Å². The summed E-state index contributed by atoms with van der Waals surface area (Å²) < 4.78 is 5.51. The van der Waals surface area contributed by atoms with Crippen molar-refractivity contribution in [3.63, 3.8) is 0 Å². The second-order valence-corrected chi connectivity index (χ2v) is 3.89. The molecule has 0 atom stereocenters. The van der Waals surface area contributed by atoms with Gasteiger partial charge in [-0.25, -0.2) is 4.98 Å². The molecule has 13 heavy (non-hydrogen) atoms. The summed E-state index contributed by atoms with van der Waals surface area (Å²) in [6.07, 6.45) is 6.39. The monoisotopic (exact) mass is 180 g/mol. The van der Waals surface area contributed by atoms with Gasteiger partial charge < -0.3 is 10.2 Å². The quantitative estimate of drug-likeness (QED) is 0.718. The maximum atomic E-state index is 5.83. The van der Waals surface area contributed by atoms with Crippen molar-refractivity contribution in [2.24, 2.45) is 5.73 Å².